The molecule has 0 atom stereocenters. The Kier molecular flexibility index (Phi) is 7.12. The summed E-state index contributed by atoms with van der Waals surface area (Å²) in [6, 6.07) is 10.4. The molecule has 0 spiro atoms. The van der Waals surface area contributed by atoms with Crippen LogP contribution in [0.15, 0.2) is 30.3 Å². The predicted molar refractivity (Wildman–Crippen MR) is 112 cm³/mol. The molecule has 1 saturated heterocycles. The Morgan fingerprint density at radius 2 is 1.75 bits per heavy atom. The van der Waals surface area contributed by atoms with Crippen LogP contribution >= 0.6 is 0 Å². The fourth-order valence-corrected chi connectivity index (χ4v) is 5.41. The quantitative estimate of drug-likeness (QED) is 0.602. The van der Waals surface area contributed by atoms with Gasteiger partial charge in [0.05, 0.1) is 12.3 Å². The van der Waals surface area contributed by atoms with Crippen LogP contribution in [0.2, 0.25) is 0 Å². The molecule has 1 heterocycles. The second-order valence-corrected chi connectivity index (χ2v) is 10.2. The zero-order chi connectivity index (χ0) is 20.0. The van der Waals surface area contributed by atoms with Crippen molar-refractivity contribution in [2.24, 2.45) is 0 Å². The molecular formula is C21H33N3O3S. The number of rotatable bonds is 10. The molecule has 1 aliphatic heterocycles. The van der Waals surface area contributed by atoms with E-state index in [-0.39, 0.29) is 17.1 Å². The van der Waals surface area contributed by atoms with E-state index in [1.807, 2.05) is 18.2 Å². The summed E-state index contributed by atoms with van der Waals surface area (Å²) >= 11 is 0. The van der Waals surface area contributed by atoms with Gasteiger partial charge in [0.2, 0.25) is 15.9 Å². The highest BCUT2D eigenvalue weighted by atomic mass is 32.2. The van der Waals surface area contributed by atoms with E-state index in [1.165, 1.54) is 5.56 Å². The fraction of sp³-hybridized carbons (Fsp3) is 0.667. The first-order valence-corrected chi connectivity index (χ1v) is 12.1. The number of nitrogens with one attached hydrogen (secondary N) is 1. The summed E-state index contributed by atoms with van der Waals surface area (Å²) in [6.45, 7) is 5.29. The molecule has 3 rings (SSSR count). The number of sulfonamides is 1. The lowest BCUT2D eigenvalue weighted by molar-refractivity contribution is -0.122. The molecule has 28 heavy (non-hydrogen) atoms. The second kappa shape index (κ2) is 9.37. The van der Waals surface area contributed by atoms with Gasteiger partial charge in [-0.25, -0.2) is 8.42 Å². The molecule has 0 aromatic heterocycles. The van der Waals surface area contributed by atoms with E-state index in [4.69, 9.17) is 0 Å². The average Bonchev–Trinajstić information content (AvgIpc) is 3.49. The number of unbranched alkanes of at least 4 members (excludes halogenated alkanes) is 2. The van der Waals surface area contributed by atoms with Gasteiger partial charge in [0.15, 0.2) is 0 Å². The molecule has 1 amide bonds. The molecule has 1 aromatic carbocycles. The van der Waals surface area contributed by atoms with Gasteiger partial charge in [-0.1, -0.05) is 50.1 Å². The van der Waals surface area contributed by atoms with Crippen LogP contribution in [-0.2, 0) is 20.2 Å². The van der Waals surface area contributed by atoms with E-state index in [0.29, 0.717) is 39.3 Å². The highest BCUT2D eigenvalue weighted by Gasteiger charge is 2.44. The van der Waals surface area contributed by atoms with Gasteiger partial charge in [-0.15, -0.1) is 0 Å². The topological polar surface area (TPSA) is 69.7 Å². The minimum absolute atomic E-state index is 0.0291. The van der Waals surface area contributed by atoms with Crippen LogP contribution < -0.4 is 5.32 Å². The smallest absolute Gasteiger partial charge is 0.234 e. The summed E-state index contributed by atoms with van der Waals surface area (Å²) < 4.78 is 26.3. The van der Waals surface area contributed by atoms with Gasteiger partial charge >= 0.3 is 0 Å². The Morgan fingerprint density at radius 3 is 2.36 bits per heavy atom. The zero-order valence-electron chi connectivity index (χ0n) is 16.9. The van der Waals surface area contributed by atoms with Gasteiger partial charge in [0.1, 0.15) is 0 Å². The molecule has 7 heteroatoms. The van der Waals surface area contributed by atoms with Crippen LogP contribution in [0.5, 0.6) is 0 Å². The van der Waals surface area contributed by atoms with Gasteiger partial charge in [-0.3, -0.25) is 9.69 Å². The summed E-state index contributed by atoms with van der Waals surface area (Å²) in [6.07, 6.45) is 4.93. The third-order valence-electron chi connectivity index (χ3n) is 5.96. The first kappa shape index (κ1) is 21.3. The fourth-order valence-electron chi connectivity index (χ4n) is 3.87. The average molecular weight is 408 g/mol. The van der Waals surface area contributed by atoms with Crippen molar-refractivity contribution in [2.45, 2.75) is 44.4 Å². The Labute approximate surface area is 169 Å². The molecule has 0 bridgehead atoms. The third-order valence-corrected chi connectivity index (χ3v) is 7.92. The number of carbonyl (C=O) groups is 1. The Hall–Kier alpha value is -1.44. The number of hydrogen-bond acceptors (Lipinski definition) is 4. The van der Waals surface area contributed by atoms with Gasteiger partial charge in [-0.2, -0.15) is 4.31 Å². The monoisotopic (exact) mass is 407 g/mol. The van der Waals surface area contributed by atoms with Crippen LogP contribution in [0.3, 0.4) is 0 Å². The minimum atomic E-state index is -3.15. The maximum atomic E-state index is 12.4. The summed E-state index contributed by atoms with van der Waals surface area (Å²) in [5.74, 6) is 0.268. The molecule has 1 aromatic rings. The van der Waals surface area contributed by atoms with E-state index in [0.717, 1.165) is 32.1 Å². The van der Waals surface area contributed by atoms with Crippen molar-refractivity contribution in [3.63, 3.8) is 0 Å². The molecule has 0 radical (unpaired) electrons. The van der Waals surface area contributed by atoms with E-state index >= 15 is 0 Å². The number of amides is 1. The van der Waals surface area contributed by atoms with Crippen LogP contribution in [0.1, 0.15) is 44.6 Å². The number of benzene rings is 1. The van der Waals surface area contributed by atoms with E-state index in [2.05, 4.69) is 29.3 Å². The van der Waals surface area contributed by atoms with Crippen LogP contribution in [-0.4, -0.2) is 68.6 Å². The second-order valence-electron chi connectivity index (χ2n) is 8.12. The highest BCUT2D eigenvalue weighted by Crippen LogP contribution is 2.47. The number of nitrogens with zero attached hydrogens (tertiary/aromatic N) is 2. The summed E-state index contributed by atoms with van der Waals surface area (Å²) in [7, 11) is -3.15. The molecule has 2 aliphatic rings. The molecule has 1 aliphatic carbocycles. The third kappa shape index (κ3) is 5.55. The van der Waals surface area contributed by atoms with Gasteiger partial charge in [0, 0.05) is 38.1 Å². The number of hydrogen-bond donors (Lipinski definition) is 1. The largest absolute Gasteiger partial charge is 0.354 e. The van der Waals surface area contributed by atoms with Crippen LogP contribution in [0.25, 0.3) is 0 Å². The van der Waals surface area contributed by atoms with E-state index < -0.39 is 10.0 Å². The molecule has 0 unspecified atom stereocenters. The predicted octanol–water partition coefficient (Wildman–Crippen LogP) is 1.97. The van der Waals surface area contributed by atoms with Crippen molar-refractivity contribution in [2.75, 3.05) is 45.0 Å². The molecule has 6 nitrogen and oxygen atoms in total. The summed E-state index contributed by atoms with van der Waals surface area (Å²) in [5.41, 5.74) is 1.42. The van der Waals surface area contributed by atoms with E-state index in [9.17, 15) is 13.2 Å². The van der Waals surface area contributed by atoms with Crippen molar-refractivity contribution in [1.82, 2.24) is 14.5 Å². The normalized spacial score (nSPS) is 20.0. The Bertz CT molecular complexity index is 739. The van der Waals surface area contributed by atoms with Crippen molar-refractivity contribution < 1.29 is 13.2 Å². The van der Waals surface area contributed by atoms with Crippen LogP contribution in [0.4, 0.5) is 0 Å². The SMILES string of the molecule is CCCCCS(=O)(=O)N1CCN(CC(=O)NCC2(c3ccccc3)CC2)CC1. The van der Waals surface area contributed by atoms with Crippen molar-refractivity contribution in [3.8, 4) is 0 Å². The number of carbonyl (C=O) groups excluding carboxylic acids is 1. The first-order chi connectivity index (χ1) is 13.5. The lowest BCUT2D eigenvalue weighted by Crippen LogP contribution is -2.51. The lowest BCUT2D eigenvalue weighted by atomic mass is 9.96. The Morgan fingerprint density at radius 1 is 1.07 bits per heavy atom. The van der Waals surface area contributed by atoms with E-state index in [1.54, 1.807) is 4.31 Å². The highest BCUT2D eigenvalue weighted by molar-refractivity contribution is 7.89. The molecule has 1 N–H and O–H groups in total. The molecular weight excluding hydrogens is 374 g/mol. The standard InChI is InChI=1S/C21H33N3O3S/c1-2-3-7-16-28(26,27)24-14-12-23(13-15-24)17-20(25)22-18-21(10-11-21)19-8-5-4-6-9-19/h4-6,8-9H,2-3,7,10-18H2,1H3,(H,22,25). The minimum Gasteiger partial charge on any atom is -0.354 e. The van der Waals surface area contributed by atoms with Crippen LogP contribution in [0, 0.1) is 0 Å². The lowest BCUT2D eigenvalue weighted by Gasteiger charge is -2.33. The first-order valence-electron chi connectivity index (χ1n) is 10.5. The van der Waals surface area contributed by atoms with Crippen molar-refractivity contribution >= 4 is 15.9 Å². The van der Waals surface area contributed by atoms with Gasteiger partial charge < -0.3 is 5.32 Å². The van der Waals surface area contributed by atoms with Crippen molar-refractivity contribution in [1.29, 1.82) is 0 Å². The molecule has 1 saturated carbocycles. The van der Waals surface area contributed by atoms with Gasteiger partial charge in [-0.05, 0) is 24.8 Å². The van der Waals surface area contributed by atoms with Crippen molar-refractivity contribution in [3.05, 3.63) is 35.9 Å². The molecule has 2 fully saturated rings. The summed E-state index contributed by atoms with van der Waals surface area (Å²) in [4.78, 5) is 14.4. The number of piperazine rings is 1. The van der Waals surface area contributed by atoms with Gasteiger partial charge in [0.25, 0.3) is 0 Å². The maximum absolute atomic E-state index is 12.4. The molecule has 156 valence electrons. The zero-order valence-corrected chi connectivity index (χ0v) is 17.7. The Balaban J connectivity index is 1.40. The summed E-state index contributed by atoms with van der Waals surface area (Å²) in [5, 5.41) is 3.09. The maximum Gasteiger partial charge on any atom is 0.234 e.